The van der Waals surface area contributed by atoms with Crippen molar-refractivity contribution in [3.05, 3.63) is 48.0 Å². The number of benzene rings is 2. The van der Waals surface area contributed by atoms with Crippen LogP contribution >= 0.6 is 0 Å². The predicted octanol–water partition coefficient (Wildman–Crippen LogP) is 5.74. The molecule has 0 saturated heterocycles. The number of aryl methyl sites for hydroxylation is 1. The molecule has 0 aliphatic rings. The Morgan fingerprint density at radius 1 is 0.720 bits per heavy atom. The summed E-state index contributed by atoms with van der Waals surface area (Å²) in [7, 11) is 0. The molecule has 0 fully saturated rings. The van der Waals surface area contributed by atoms with E-state index in [1.165, 1.54) is 61.3 Å². The highest BCUT2D eigenvalue weighted by Crippen LogP contribution is 2.19. The van der Waals surface area contributed by atoms with E-state index in [0.29, 0.717) is 13.2 Å². The van der Waals surface area contributed by atoms with E-state index in [1.807, 2.05) is 0 Å². The molecular formula is C23H34O2. The van der Waals surface area contributed by atoms with Crippen molar-refractivity contribution >= 4 is 10.8 Å². The monoisotopic (exact) mass is 342 g/mol. The molecule has 138 valence electrons. The van der Waals surface area contributed by atoms with Crippen molar-refractivity contribution in [1.29, 1.82) is 0 Å². The van der Waals surface area contributed by atoms with E-state index in [9.17, 15) is 5.26 Å². The van der Waals surface area contributed by atoms with Crippen LogP contribution in [-0.2, 0) is 10.9 Å². The molecule has 0 heterocycles. The number of hydrogen-bond acceptors (Lipinski definition) is 1. The lowest BCUT2D eigenvalue weighted by molar-refractivity contribution is -0.795. The van der Waals surface area contributed by atoms with Crippen LogP contribution in [0.4, 0.5) is 0 Å². The van der Waals surface area contributed by atoms with Gasteiger partial charge >= 0.3 is 0 Å². The molecule has 0 unspecified atom stereocenters. The lowest BCUT2D eigenvalue weighted by Gasteiger charge is -2.20. The minimum absolute atomic E-state index is 0.569. The van der Waals surface area contributed by atoms with Crippen LogP contribution in [-0.4, -0.2) is 13.2 Å². The van der Waals surface area contributed by atoms with E-state index >= 15 is 0 Å². The van der Waals surface area contributed by atoms with Gasteiger partial charge in [0.15, 0.2) is 13.2 Å². The summed E-state index contributed by atoms with van der Waals surface area (Å²) in [5.74, 6) is 0. The quantitative estimate of drug-likeness (QED) is 0.197. The lowest BCUT2D eigenvalue weighted by Crippen LogP contribution is -2.28. The number of unbranched alkanes of at least 4 members (excludes halogenated alkanes) is 7. The van der Waals surface area contributed by atoms with Gasteiger partial charge in [-0.1, -0.05) is 87.9 Å². The molecule has 2 aromatic carbocycles. The van der Waals surface area contributed by atoms with Gasteiger partial charge in [-0.3, -0.25) is 0 Å². The third kappa shape index (κ3) is 7.58. The fourth-order valence-corrected chi connectivity index (χ4v) is 3.43. The maximum atomic E-state index is 11.9. The van der Waals surface area contributed by atoms with Crippen LogP contribution in [0.3, 0.4) is 0 Å². The van der Waals surface area contributed by atoms with E-state index in [1.54, 1.807) is 0 Å². The van der Waals surface area contributed by atoms with Crippen molar-refractivity contribution in [2.75, 3.05) is 13.2 Å². The lowest BCUT2D eigenvalue weighted by atomic mass is 10.0. The summed E-state index contributed by atoms with van der Waals surface area (Å²) in [6.45, 7) is 3.44. The van der Waals surface area contributed by atoms with Crippen molar-refractivity contribution < 1.29 is 9.78 Å². The molecule has 0 N–H and O–H groups in total. The van der Waals surface area contributed by atoms with Crippen molar-refractivity contribution in [3.8, 4) is 0 Å². The van der Waals surface area contributed by atoms with Crippen LogP contribution in [0, 0.1) is 0 Å². The second kappa shape index (κ2) is 12.1. The van der Waals surface area contributed by atoms with Gasteiger partial charge in [0.05, 0.1) is 0 Å². The molecular weight excluding hydrogens is 308 g/mol. The Morgan fingerprint density at radius 3 is 2.16 bits per heavy atom. The summed E-state index contributed by atoms with van der Waals surface area (Å²) in [5, 5.41) is 14.5. The van der Waals surface area contributed by atoms with E-state index < -0.39 is 0 Å². The maximum Gasteiger partial charge on any atom is 0.151 e. The SMILES string of the molecule is CCCCCCCCCC[O+]([O-])CCCc1cccc2ccccc12. The molecule has 0 radical (unpaired) electrons. The van der Waals surface area contributed by atoms with Gasteiger partial charge in [-0.25, -0.2) is 0 Å². The molecule has 2 heteroatoms. The average molecular weight is 343 g/mol. The molecule has 0 aromatic heterocycles. The molecule has 2 nitrogen and oxygen atoms in total. The van der Waals surface area contributed by atoms with Crippen LogP contribution in [0.5, 0.6) is 0 Å². The largest absolute Gasteiger partial charge is 0.534 e. The number of hydrogen-bond donors (Lipinski definition) is 0. The van der Waals surface area contributed by atoms with Gasteiger partial charge in [-0.2, -0.15) is 0 Å². The minimum Gasteiger partial charge on any atom is -0.534 e. The van der Waals surface area contributed by atoms with E-state index in [2.05, 4.69) is 53.9 Å². The highest BCUT2D eigenvalue weighted by Gasteiger charge is 2.04. The Labute approximate surface area is 153 Å². The third-order valence-electron chi connectivity index (χ3n) is 4.92. The first kappa shape index (κ1) is 19.9. The third-order valence-corrected chi connectivity index (χ3v) is 4.92. The highest BCUT2D eigenvalue weighted by molar-refractivity contribution is 5.85. The van der Waals surface area contributed by atoms with Crippen LogP contribution in [0.2, 0.25) is 0 Å². The Morgan fingerprint density at radius 2 is 1.36 bits per heavy atom. The maximum absolute atomic E-state index is 11.9. The zero-order valence-electron chi connectivity index (χ0n) is 15.8. The summed E-state index contributed by atoms with van der Waals surface area (Å²) in [6, 6.07) is 14.9. The first-order valence-electron chi connectivity index (χ1n) is 10.1. The highest BCUT2D eigenvalue weighted by atomic mass is 17.2. The predicted molar refractivity (Wildman–Crippen MR) is 106 cm³/mol. The first-order valence-corrected chi connectivity index (χ1v) is 10.1. The van der Waals surface area contributed by atoms with Gasteiger partial charge < -0.3 is 9.78 Å². The molecule has 0 aliphatic carbocycles. The second-order valence-corrected chi connectivity index (χ2v) is 7.06. The Hall–Kier alpha value is -1.38. The normalized spacial score (nSPS) is 11.5. The average Bonchev–Trinajstić information content (AvgIpc) is 2.64. The van der Waals surface area contributed by atoms with Gasteiger partial charge in [0, 0.05) is 12.8 Å². The fraction of sp³-hybridized carbons (Fsp3) is 0.565. The van der Waals surface area contributed by atoms with E-state index in [4.69, 9.17) is 0 Å². The molecule has 2 rings (SSSR count). The summed E-state index contributed by atoms with van der Waals surface area (Å²) in [5.41, 5.74) is 1.35. The van der Waals surface area contributed by atoms with Crippen molar-refractivity contribution in [2.45, 2.75) is 71.1 Å². The van der Waals surface area contributed by atoms with Crippen molar-refractivity contribution in [1.82, 2.24) is 0 Å². The summed E-state index contributed by atoms with van der Waals surface area (Å²) < 4.78 is 2.08. The van der Waals surface area contributed by atoms with Gasteiger partial charge in [-0.15, -0.1) is 0 Å². The van der Waals surface area contributed by atoms with Crippen LogP contribution in [0.25, 0.3) is 10.8 Å². The zero-order valence-corrected chi connectivity index (χ0v) is 15.8. The van der Waals surface area contributed by atoms with Crippen LogP contribution in [0.15, 0.2) is 42.5 Å². The summed E-state index contributed by atoms with van der Waals surface area (Å²) >= 11 is 0. The molecule has 0 amide bonds. The minimum atomic E-state index is 0.569. The van der Waals surface area contributed by atoms with Gasteiger partial charge in [-0.05, 0) is 29.2 Å². The first-order chi connectivity index (χ1) is 12.3. The number of rotatable bonds is 13. The molecule has 0 saturated carbocycles. The van der Waals surface area contributed by atoms with E-state index in [0.717, 1.165) is 19.3 Å². The number of fused-ring (bicyclic) bond motifs is 1. The molecule has 0 spiro atoms. The molecule has 0 bridgehead atoms. The fourth-order valence-electron chi connectivity index (χ4n) is 3.43. The van der Waals surface area contributed by atoms with Crippen molar-refractivity contribution in [2.24, 2.45) is 0 Å². The molecule has 2 aromatic rings. The summed E-state index contributed by atoms with van der Waals surface area (Å²) in [6.07, 6.45) is 12.0. The zero-order chi connectivity index (χ0) is 17.7. The topological polar surface area (TPSA) is 25.8 Å². The van der Waals surface area contributed by atoms with Gasteiger partial charge in [0.25, 0.3) is 0 Å². The second-order valence-electron chi connectivity index (χ2n) is 7.06. The molecule has 0 atom stereocenters. The smallest absolute Gasteiger partial charge is 0.151 e. The standard InChI is InChI=1S/C23H34O2/c1-2-3-4-5-6-7-8-11-19-25(24)20-13-17-22-16-12-15-21-14-9-10-18-23(21)22/h9-10,12,14-16,18H,2-8,11,13,17,19-20H2,1H3. The van der Waals surface area contributed by atoms with E-state index in [-0.39, 0.29) is 0 Å². The van der Waals surface area contributed by atoms with Crippen molar-refractivity contribution in [3.63, 3.8) is 0 Å². The van der Waals surface area contributed by atoms with Crippen LogP contribution < -0.4 is 5.26 Å². The Bertz CT molecular complexity index is 588. The van der Waals surface area contributed by atoms with Crippen LogP contribution in [0.1, 0.15) is 70.3 Å². The van der Waals surface area contributed by atoms with Gasteiger partial charge in [0.1, 0.15) is 0 Å². The molecule has 0 aliphatic heterocycles. The Balaban J connectivity index is 1.57. The molecule has 25 heavy (non-hydrogen) atoms. The summed E-state index contributed by atoms with van der Waals surface area (Å²) in [4.78, 5) is 0. The Kier molecular flexibility index (Phi) is 9.61. The van der Waals surface area contributed by atoms with Gasteiger partial charge in [0.2, 0.25) is 0 Å².